The molecule has 34 heavy (non-hydrogen) atoms. The van der Waals surface area contributed by atoms with E-state index in [4.69, 9.17) is 37.6 Å². The summed E-state index contributed by atoms with van der Waals surface area (Å²) in [5, 5.41) is 33.4. The molecule has 0 aliphatic rings. The largest absolute Gasteiger partial charge is 0.481 e. The lowest BCUT2D eigenvalue weighted by molar-refractivity contribution is -0.139. The average Bonchev–Trinajstić information content (AvgIpc) is 3.15. The van der Waals surface area contributed by atoms with Crippen LogP contribution in [0.15, 0.2) is 6.20 Å². The zero-order valence-corrected chi connectivity index (χ0v) is 18.6. The highest BCUT2D eigenvalue weighted by atomic mass is 16.4. The minimum Gasteiger partial charge on any atom is -0.481 e. The number of nitrogens with one attached hydrogen (secondary N) is 1. The molecular formula is C20H32N4O10. The second kappa shape index (κ2) is 18.9. The normalized spacial score (nSPS) is 9.62. The number of hydrogen-bond acceptors (Lipinski definition) is 9. The monoisotopic (exact) mass is 488 g/mol. The molecule has 0 unspecified atom stereocenters. The molecule has 0 saturated heterocycles. The summed E-state index contributed by atoms with van der Waals surface area (Å²) in [6, 6.07) is 0. The minimum atomic E-state index is -0.961. The van der Waals surface area contributed by atoms with Crippen molar-refractivity contribution < 1.29 is 49.2 Å². The Morgan fingerprint density at radius 1 is 0.676 bits per heavy atom. The van der Waals surface area contributed by atoms with E-state index < -0.39 is 23.9 Å². The fraction of sp³-hybridized carbons (Fsp3) is 0.500. The van der Waals surface area contributed by atoms with Crippen LogP contribution >= 0.6 is 0 Å². The number of aryl methyl sites for hydroxylation is 1. The third kappa shape index (κ3) is 18.0. The van der Waals surface area contributed by atoms with Crippen LogP contribution in [-0.2, 0) is 48.2 Å². The molecule has 0 fully saturated rings. The van der Waals surface area contributed by atoms with Crippen molar-refractivity contribution in [3.8, 4) is 0 Å². The maximum atomic E-state index is 10.7. The van der Waals surface area contributed by atoms with Crippen molar-refractivity contribution in [3.63, 3.8) is 0 Å². The fourth-order valence-electron chi connectivity index (χ4n) is 2.26. The van der Waals surface area contributed by atoms with Crippen LogP contribution in [0.25, 0.3) is 0 Å². The molecule has 0 radical (unpaired) electrons. The van der Waals surface area contributed by atoms with Crippen molar-refractivity contribution in [2.75, 3.05) is 13.1 Å². The highest BCUT2D eigenvalue weighted by Crippen LogP contribution is 2.16. The second-order valence-electron chi connectivity index (χ2n) is 6.71. The molecule has 0 aliphatic carbocycles. The van der Waals surface area contributed by atoms with Crippen molar-refractivity contribution in [2.45, 2.75) is 51.5 Å². The van der Waals surface area contributed by atoms with E-state index in [2.05, 4.69) is 4.98 Å². The molecule has 0 spiro atoms. The molecule has 1 heterocycles. The molecule has 0 aliphatic heterocycles. The van der Waals surface area contributed by atoms with E-state index in [1.54, 1.807) is 6.20 Å². The van der Waals surface area contributed by atoms with Crippen LogP contribution in [0.4, 0.5) is 0 Å². The molecule has 1 rings (SSSR count). The van der Waals surface area contributed by atoms with E-state index in [0.717, 1.165) is 0 Å². The van der Waals surface area contributed by atoms with E-state index in [9.17, 15) is 28.8 Å². The molecule has 0 bridgehead atoms. The first-order valence-corrected chi connectivity index (χ1v) is 10.1. The number of aromatic amines is 1. The van der Waals surface area contributed by atoms with Gasteiger partial charge in [0, 0.05) is 37.7 Å². The Hall–Kier alpha value is -3.62. The maximum absolute atomic E-state index is 10.7. The van der Waals surface area contributed by atoms with Crippen molar-refractivity contribution in [1.29, 1.82) is 0 Å². The second-order valence-corrected chi connectivity index (χ2v) is 6.71. The van der Waals surface area contributed by atoms with Crippen molar-refractivity contribution >= 4 is 35.4 Å². The van der Waals surface area contributed by atoms with E-state index in [1.165, 1.54) is 0 Å². The van der Waals surface area contributed by atoms with Gasteiger partial charge in [0.1, 0.15) is 11.6 Å². The van der Waals surface area contributed by atoms with Crippen LogP contribution in [0, 0.1) is 0 Å². The smallest absolute Gasteiger partial charge is 0.307 e. The summed E-state index contributed by atoms with van der Waals surface area (Å²) < 4.78 is 0. The van der Waals surface area contributed by atoms with E-state index in [-0.39, 0.29) is 69.7 Å². The Bertz CT molecular complexity index is 805. The number of aromatic nitrogens is 1. The zero-order valence-electron chi connectivity index (χ0n) is 18.6. The van der Waals surface area contributed by atoms with Gasteiger partial charge in [0.25, 0.3) is 0 Å². The van der Waals surface area contributed by atoms with Crippen LogP contribution in [-0.4, -0.2) is 73.9 Å². The molecule has 0 saturated carbocycles. The van der Waals surface area contributed by atoms with E-state index in [1.807, 2.05) is 0 Å². The quantitative estimate of drug-likeness (QED) is 0.154. The molecular weight excluding hydrogens is 456 g/mol. The van der Waals surface area contributed by atoms with Crippen LogP contribution < -0.4 is 17.2 Å². The van der Waals surface area contributed by atoms with Gasteiger partial charge in [-0.15, -0.1) is 0 Å². The maximum Gasteiger partial charge on any atom is 0.307 e. The number of carbonyl (C=O) groups is 6. The Labute approximate surface area is 195 Å². The van der Waals surface area contributed by atoms with E-state index >= 15 is 0 Å². The molecule has 0 aromatic carbocycles. The number of aliphatic carboxylic acids is 4. The lowest BCUT2D eigenvalue weighted by atomic mass is 10.0. The van der Waals surface area contributed by atoms with Gasteiger partial charge in [-0.1, -0.05) is 0 Å². The molecule has 1 aromatic rings. The SMILES string of the molecule is NCC(=O)CCC(=O)O.NCC(=O)CCC(=O)O.NCc1[nH]cc(CCC(=O)O)c1CC(=O)O. The lowest BCUT2D eigenvalue weighted by Crippen LogP contribution is -2.14. The van der Waals surface area contributed by atoms with Crippen molar-refractivity contribution in [2.24, 2.45) is 17.2 Å². The third-order valence-electron chi connectivity index (χ3n) is 4.00. The lowest BCUT2D eigenvalue weighted by Gasteiger charge is -2.02. The van der Waals surface area contributed by atoms with Gasteiger partial charge in [0.05, 0.1) is 32.4 Å². The van der Waals surface area contributed by atoms with Crippen LogP contribution in [0.2, 0.25) is 0 Å². The Kier molecular flexibility index (Phi) is 18.1. The molecule has 14 heteroatoms. The fourth-order valence-corrected chi connectivity index (χ4v) is 2.26. The van der Waals surface area contributed by atoms with Gasteiger partial charge in [-0.05, 0) is 17.5 Å². The van der Waals surface area contributed by atoms with Crippen LogP contribution in [0.5, 0.6) is 0 Å². The number of rotatable bonds is 14. The van der Waals surface area contributed by atoms with Gasteiger partial charge < -0.3 is 42.6 Å². The zero-order chi connectivity index (χ0) is 26.7. The molecule has 0 amide bonds. The average molecular weight is 488 g/mol. The summed E-state index contributed by atoms with van der Waals surface area (Å²) in [6.45, 7) is 0.0935. The number of Topliss-reactive ketones (excluding diaryl/α,β-unsaturated/α-hetero) is 2. The number of carboxylic acid groups (broad SMARTS) is 4. The Balaban J connectivity index is 0. The summed E-state index contributed by atoms with van der Waals surface area (Å²) >= 11 is 0. The highest BCUT2D eigenvalue weighted by molar-refractivity contribution is 5.84. The number of carboxylic acids is 4. The number of carbonyl (C=O) groups excluding carboxylic acids is 2. The number of nitrogens with two attached hydrogens (primary N) is 3. The van der Waals surface area contributed by atoms with E-state index in [0.29, 0.717) is 23.2 Å². The molecule has 0 atom stereocenters. The Morgan fingerprint density at radius 2 is 1.12 bits per heavy atom. The van der Waals surface area contributed by atoms with Gasteiger partial charge in [-0.3, -0.25) is 28.8 Å². The predicted octanol–water partition coefficient (Wildman–Crippen LogP) is -1.12. The summed E-state index contributed by atoms with van der Waals surface area (Å²) in [5.41, 5.74) is 17.3. The van der Waals surface area contributed by atoms with Crippen molar-refractivity contribution in [3.05, 3.63) is 23.0 Å². The molecule has 192 valence electrons. The molecule has 1 aromatic heterocycles. The number of hydrogen-bond donors (Lipinski definition) is 8. The number of H-pyrrole nitrogens is 1. The third-order valence-corrected chi connectivity index (χ3v) is 4.00. The first-order chi connectivity index (χ1) is 15.9. The highest BCUT2D eigenvalue weighted by Gasteiger charge is 2.14. The predicted molar refractivity (Wildman–Crippen MR) is 118 cm³/mol. The summed E-state index contributed by atoms with van der Waals surface area (Å²) in [7, 11) is 0. The van der Waals surface area contributed by atoms with Gasteiger partial charge >= 0.3 is 23.9 Å². The number of ketones is 2. The Morgan fingerprint density at radius 3 is 1.44 bits per heavy atom. The summed E-state index contributed by atoms with van der Waals surface area (Å²) in [6.07, 6.45) is 1.65. The van der Waals surface area contributed by atoms with Gasteiger partial charge in [-0.2, -0.15) is 0 Å². The summed E-state index contributed by atoms with van der Waals surface area (Å²) in [5.74, 6) is -4.20. The van der Waals surface area contributed by atoms with Gasteiger partial charge in [0.2, 0.25) is 0 Å². The molecule has 11 N–H and O–H groups in total. The topological polar surface area (TPSA) is 277 Å². The van der Waals surface area contributed by atoms with Gasteiger partial charge in [-0.25, -0.2) is 0 Å². The minimum absolute atomic E-state index is 0.0194. The first-order valence-electron chi connectivity index (χ1n) is 10.1. The summed E-state index contributed by atoms with van der Waals surface area (Å²) in [4.78, 5) is 64.3. The standard InChI is InChI=1S/C10H14N2O4.2C5H9NO3/c11-4-8-7(3-10(15)16)6(5-12-8)1-2-9(13)14;2*6-3-4(7)1-2-5(8)9/h5,12H,1-4,11H2,(H,13,14)(H,15,16);2*1-3,6H2,(H,8,9). The van der Waals surface area contributed by atoms with Crippen LogP contribution in [0.3, 0.4) is 0 Å². The van der Waals surface area contributed by atoms with Gasteiger partial charge in [0.15, 0.2) is 0 Å². The molecule has 14 nitrogen and oxygen atoms in total. The van der Waals surface area contributed by atoms with Crippen LogP contribution in [0.1, 0.15) is 48.9 Å². The van der Waals surface area contributed by atoms with Crippen molar-refractivity contribution in [1.82, 2.24) is 4.98 Å². The first kappa shape index (κ1) is 32.6.